The minimum Gasteiger partial charge on any atom is -0.459 e. The fraction of sp³-hybridized carbons (Fsp3) is 0.674. The van der Waals surface area contributed by atoms with Gasteiger partial charge in [-0.25, -0.2) is 9.59 Å². The van der Waals surface area contributed by atoms with Gasteiger partial charge in [0, 0.05) is 24.1 Å². The maximum Gasteiger partial charge on any atom is 0.418 e. The van der Waals surface area contributed by atoms with Crippen molar-refractivity contribution in [1.82, 2.24) is 4.57 Å². The molecular formula is C43H61NO4. The zero-order valence-electron chi connectivity index (χ0n) is 31.0. The minimum atomic E-state index is -0.563. The molecule has 0 aliphatic heterocycles. The van der Waals surface area contributed by atoms with Crippen LogP contribution in [0.2, 0.25) is 0 Å². The summed E-state index contributed by atoms with van der Waals surface area (Å²) in [7, 11) is 0. The lowest BCUT2D eigenvalue weighted by Crippen LogP contribution is -2.51. The number of ether oxygens (including phenoxy) is 2. The first-order valence-electron chi connectivity index (χ1n) is 19.1. The summed E-state index contributed by atoms with van der Waals surface area (Å²) in [5.74, 6) is 4.70. The van der Waals surface area contributed by atoms with Crippen LogP contribution in [-0.4, -0.2) is 28.3 Å². The van der Waals surface area contributed by atoms with Gasteiger partial charge in [0.25, 0.3) is 0 Å². The number of rotatable bonds is 8. The second kappa shape index (κ2) is 13.5. The van der Waals surface area contributed by atoms with Gasteiger partial charge in [0.1, 0.15) is 11.7 Å². The number of carbonyl (C=O) groups is 2. The summed E-state index contributed by atoms with van der Waals surface area (Å²) in [6.45, 7) is 18.1. The average Bonchev–Trinajstić information content (AvgIpc) is 3.60. The van der Waals surface area contributed by atoms with Crippen molar-refractivity contribution in [3.05, 3.63) is 53.8 Å². The summed E-state index contributed by atoms with van der Waals surface area (Å²) in [5, 5.41) is 0.915. The van der Waals surface area contributed by atoms with Crippen molar-refractivity contribution in [2.75, 3.05) is 0 Å². The Morgan fingerprint density at radius 1 is 1.00 bits per heavy atom. The summed E-state index contributed by atoms with van der Waals surface area (Å²) >= 11 is 0. The van der Waals surface area contributed by atoms with Crippen molar-refractivity contribution in [3.63, 3.8) is 0 Å². The van der Waals surface area contributed by atoms with Crippen molar-refractivity contribution in [1.29, 1.82) is 0 Å². The minimum absolute atomic E-state index is 0.0558. The molecule has 48 heavy (non-hydrogen) atoms. The second-order valence-corrected chi connectivity index (χ2v) is 17.9. The van der Waals surface area contributed by atoms with Gasteiger partial charge in [-0.2, -0.15) is 0 Å². The van der Waals surface area contributed by atoms with Crippen LogP contribution in [0, 0.1) is 46.3 Å². The summed E-state index contributed by atoms with van der Waals surface area (Å²) in [4.78, 5) is 25.6. The van der Waals surface area contributed by atoms with Crippen molar-refractivity contribution >= 4 is 29.0 Å². The van der Waals surface area contributed by atoms with Gasteiger partial charge in [0.05, 0.1) is 5.52 Å². The van der Waals surface area contributed by atoms with Crippen LogP contribution >= 0.6 is 0 Å². The Labute approximate surface area is 289 Å². The van der Waals surface area contributed by atoms with Gasteiger partial charge in [0.2, 0.25) is 0 Å². The molecule has 3 fully saturated rings. The van der Waals surface area contributed by atoms with Crippen LogP contribution in [0.25, 0.3) is 17.0 Å². The van der Waals surface area contributed by atoms with Crippen LogP contribution in [0.3, 0.4) is 0 Å². The highest BCUT2D eigenvalue weighted by Gasteiger charge is 2.59. The summed E-state index contributed by atoms with van der Waals surface area (Å²) in [6.07, 6.45) is 21.1. The van der Waals surface area contributed by atoms with Crippen molar-refractivity contribution in [2.45, 2.75) is 138 Å². The number of allylic oxidation sites excluding steroid dienone is 1. The SMILES string of the molecule is CC(C)CCC[C@@H](C)[C@H]1CC[C@H]2[C@@H]3CC=C4C[C@@H](OC(=O)/C=C/c5ccc6c(ccn6C(=O)OC(C)(C)C)c5)CC[C@]4(C)[C@H]3CC[C@]12C. The Kier molecular flexibility index (Phi) is 9.83. The summed E-state index contributed by atoms with van der Waals surface area (Å²) < 4.78 is 13.1. The number of carbonyl (C=O) groups excluding carboxylic acids is 2. The molecule has 0 radical (unpaired) electrons. The molecule has 0 N–H and O–H groups in total. The van der Waals surface area contributed by atoms with Crippen LogP contribution in [0.4, 0.5) is 4.79 Å². The Balaban J connectivity index is 1.06. The fourth-order valence-corrected chi connectivity index (χ4v) is 10.9. The van der Waals surface area contributed by atoms with Gasteiger partial charge in [-0.15, -0.1) is 0 Å². The van der Waals surface area contributed by atoms with E-state index in [1.807, 2.05) is 51.1 Å². The molecule has 3 saturated carbocycles. The number of fused-ring (bicyclic) bond motifs is 6. The molecule has 2 aromatic rings. The lowest BCUT2D eigenvalue weighted by molar-refractivity contribution is -0.145. The van der Waals surface area contributed by atoms with Crippen LogP contribution in [0.15, 0.2) is 48.2 Å². The maximum atomic E-state index is 13.0. The highest BCUT2D eigenvalue weighted by atomic mass is 16.6. The van der Waals surface area contributed by atoms with Gasteiger partial charge in [-0.1, -0.05) is 71.6 Å². The van der Waals surface area contributed by atoms with E-state index in [-0.39, 0.29) is 17.5 Å². The van der Waals surface area contributed by atoms with E-state index in [2.05, 4.69) is 40.7 Å². The van der Waals surface area contributed by atoms with Gasteiger partial charge < -0.3 is 9.47 Å². The first-order valence-corrected chi connectivity index (χ1v) is 19.1. The number of hydrogen-bond acceptors (Lipinski definition) is 4. The van der Waals surface area contributed by atoms with E-state index in [1.54, 1.807) is 17.8 Å². The number of hydrogen-bond donors (Lipinski definition) is 0. The molecule has 4 aliphatic rings. The number of nitrogens with zero attached hydrogens (tertiary/aromatic N) is 1. The Bertz CT molecular complexity index is 1560. The van der Waals surface area contributed by atoms with Gasteiger partial charge in [-0.3, -0.25) is 4.57 Å². The third-order valence-electron chi connectivity index (χ3n) is 13.3. The van der Waals surface area contributed by atoms with Gasteiger partial charge in [0.15, 0.2) is 0 Å². The molecule has 5 nitrogen and oxygen atoms in total. The van der Waals surface area contributed by atoms with E-state index in [9.17, 15) is 9.59 Å². The van der Waals surface area contributed by atoms with Crippen LogP contribution in [0.5, 0.6) is 0 Å². The number of aromatic nitrogens is 1. The van der Waals surface area contributed by atoms with E-state index in [0.717, 1.165) is 71.2 Å². The molecule has 1 aromatic carbocycles. The first kappa shape index (κ1) is 35.0. The summed E-state index contributed by atoms with van der Waals surface area (Å²) in [5.41, 5.74) is 3.41. The Hall–Kier alpha value is -2.82. The molecule has 1 heterocycles. The monoisotopic (exact) mass is 655 g/mol. The fourth-order valence-electron chi connectivity index (χ4n) is 10.9. The van der Waals surface area contributed by atoms with E-state index >= 15 is 0 Å². The van der Waals surface area contributed by atoms with Crippen molar-refractivity contribution in [3.8, 4) is 0 Å². The number of benzene rings is 1. The molecular weight excluding hydrogens is 594 g/mol. The average molecular weight is 656 g/mol. The Morgan fingerprint density at radius 3 is 2.54 bits per heavy atom. The molecule has 0 spiro atoms. The molecule has 5 heteroatoms. The van der Waals surface area contributed by atoms with E-state index in [4.69, 9.17) is 9.47 Å². The summed E-state index contributed by atoms with van der Waals surface area (Å²) in [6, 6.07) is 7.68. The van der Waals surface area contributed by atoms with Crippen molar-refractivity contribution < 1.29 is 19.1 Å². The molecule has 0 amide bonds. The molecule has 1 aromatic heterocycles. The standard InChI is InChI=1S/C43H61NO4/c1-28(2)10-9-11-29(3)35-16-17-36-34-15-14-32-27-33(20-23-42(32,7)37(34)21-24-43(35,36)8)47-39(45)19-13-30-12-18-38-31(26-30)22-25-44(38)40(46)48-41(4,5)6/h12-14,18-19,22,25-26,28-29,33-37H,9-11,15-17,20-21,23-24,27H2,1-8H3/b19-13+/t29-,33+,34+,35-,36+,37+,42+,43-/m1/s1. The molecule has 4 aliphatic carbocycles. The highest BCUT2D eigenvalue weighted by molar-refractivity contribution is 5.92. The Morgan fingerprint density at radius 2 is 1.79 bits per heavy atom. The normalized spacial score (nSPS) is 32.4. The molecule has 8 atom stereocenters. The highest BCUT2D eigenvalue weighted by Crippen LogP contribution is 2.67. The van der Waals surface area contributed by atoms with Crippen LogP contribution < -0.4 is 0 Å². The molecule has 0 unspecified atom stereocenters. The third-order valence-corrected chi connectivity index (χ3v) is 13.3. The molecule has 0 saturated heterocycles. The lowest BCUT2D eigenvalue weighted by atomic mass is 9.47. The topological polar surface area (TPSA) is 57.5 Å². The number of esters is 1. The van der Waals surface area contributed by atoms with E-state index in [0.29, 0.717) is 5.41 Å². The van der Waals surface area contributed by atoms with E-state index < -0.39 is 11.7 Å². The van der Waals surface area contributed by atoms with Crippen LogP contribution in [0.1, 0.15) is 132 Å². The second-order valence-electron chi connectivity index (χ2n) is 17.9. The van der Waals surface area contributed by atoms with Crippen LogP contribution in [-0.2, 0) is 14.3 Å². The molecule has 262 valence electrons. The maximum absolute atomic E-state index is 13.0. The van der Waals surface area contributed by atoms with Gasteiger partial charge in [-0.05, 0) is 142 Å². The zero-order chi connectivity index (χ0) is 34.4. The smallest absolute Gasteiger partial charge is 0.418 e. The molecule has 0 bridgehead atoms. The van der Waals surface area contributed by atoms with Gasteiger partial charge >= 0.3 is 12.1 Å². The molecule has 6 rings (SSSR count). The predicted molar refractivity (Wildman–Crippen MR) is 196 cm³/mol. The lowest BCUT2D eigenvalue weighted by Gasteiger charge is -2.58. The van der Waals surface area contributed by atoms with E-state index in [1.165, 1.54) is 55.9 Å². The first-order chi connectivity index (χ1) is 22.7. The predicted octanol–water partition coefficient (Wildman–Crippen LogP) is 11.4. The van der Waals surface area contributed by atoms with Crippen molar-refractivity contribution in [2.24, 2.45) is 46.3 Å². The third kappa shape index (κ3) is 6.94. The zero-order valence-corrected chi connectivity index (χ0v) is 31.0. The quantitative estimate of drug-likeness (QED) is 0.161. The largest absolute Gasteiger partial charge is 0.459 e.